The minimum Gasteiger partial charge on any atom is -0.368 e. The highest BCUT2D eigenvalue weighted by molar-refractivity contribution is 5.94. The normalized spacial score (nSPS) is 17.3. The molecule has 26 heavy (non-hydrogen) atoms. The molecule has 4 rings (SSSR count). The van der Waals surface area contributed by atoms with Crippen LogP contribution < -0.4 is 0 Å². The van der Waals surface area contributed by atoms with Crippen molar-refractivity contribution in [3.63, 3.8) is 0 Å². The molecule has 3 heterocycles. The Labute approximate surface area is 152 Å². The van der Waals surface area contributed by atoms with Gasteiger partial charge in [0.25, 0.3) is 5.91 Å². The molecule has 132 valence electrons. The lowest BCUT2D eigenvalue weighted by Gasteiger charge is -2.32. The van der Waals surface area contributed by atoms with Crippen LogP contribution in [0.15, 0.2) is 61.1 Å². The standard InChI is InChI=1S/C20H20N4O2/c1-23-13-17(12-22-23)16-7-8-18(21-11-16)19-14-24(9-10-26-19)20(25)15-5-3-2-4-6-15/h2-8,11-13,19H,9-10,14H2,1H3/t19-/m0/s1. The summed E-state index contributed by atoms with van der Waals surface area (Å²) in [7, 11) is 1.89. The van der Waals surface area contributed by atoms with E-state index in [1.807, 2.05) is 73.0 Å². The van der Waals surface area contributed by atoms with Gasteiger partial charge < -0.3 is 9.64 Å². The molecule has 1 fully saturated rings. The SMILES string of the molecule is Cn1cc(-c2ccc([C@@H]3CN(C(=O)c4ccccc4)CCO3)nc2)cn1. The van der Waals surface area contributed by atoms with Crippen LogP contribution >= 0.6 is 0 Å². The number of carbonyl (C=O) groups excluding carboxylic acids is 1. The van der Waals surface area contributed by atoms with Gasteiger partial charge in [0.1, 0.15) is 6.10 Å². The molecule has 1 aliphatic heterocycles. The van der Waals surface area contributed by atoms with Gasteiger partial charge in [-0.15, -0.1) is 0 Å². The molecule has 0 saturated carbocycles. The molecular weight excluding hydrogens is 328 g/mol. The van der Waals surface area contributed by atoms with Crippen molar-refractivity contribution >= 4 is 5.91 Å². The minimum absolute atomic E-state index is 0.0332. The highest BCUT2D eigenvalue weighted by Gasteiger charge is 2.26. The van der Waals surface area contributed by atoms with E-state index in [0.29, 0.717) is 25.3 Å². The smallest absolute Gasteiger partial charge is 0.254 e. The number of hydrogen-bond donors (Lipinski definition) is 0. The molecule has 1 atom stereocenters. The maximum atomic E-state index is 12.7. The molecule has 6 nitrogen and oxygen atoms in total. The number of carbonyl (C=O) groups is 1. The Morgan fingerprint density at radius 3 is 2.65 bits per heavy atom. The quantitative estimate of drug-likeness (QED) is 0.730. The molecule has 0 N–H and O–H groups in total. The van der Waals surface area contributed by atoms with Gasteiger partial charge in [0.15, 0.2) is 0 Å². The Kier molecular flexibility index (Phi) is 4.50. The van der Waals surface area contributed by atoms with Crippen molar-refractivity contribution in [2.24, 2.45) is 7.05 Å². The number of morpholine rings is 1. The van der Waals surface area contributed by atoms with Crippen molar-refractivity contribution in [3.05, 3.63) is 72.3 Å². The molecule has 0 unspecified atom stereocenters. The van der Waals surface area contributed by atoms with Crippen molar-refractivity contribution in [1.29, 1.82) is 0 Å². The number of hydrogen-bond acceptors (Lipinski definition) is 4. The van der Waals surface area contributed by atoms with E-state index < -0.39 is 0 Å². The Balaban J connectivity index is 1.48. The highest BCUT2D eigenvalue weighted by atomic mass is 16.5. The van der Waals surface area contributed by atoms with Gasteiger partial charge >= 0.3 is 0 Å². The van der Waals surface area contributed by atoms with E-state index in [-0.39, 0.29) is 12.0 Å². The van der Waals surface area contributed by atoms with Gasteiger partial charge in [-0.2, -0.15) is 5.10 Å². The van der Waals surface area contributed by atoms with Gasteiger partial charge in [-0.25, -0.2) is 0 Å². The fourth-order valence-electron chi connectivity index (χ4n) is 3.11. The van der Waals surface area contributed by atoms with Crippen molar-refractivity contribution in [3.8, 4) is 11.1 Å². The summed E-state index contributed by atoms with van der Waals surface area (Å²) in [6, 6.07) is 13.3. The van der Waals surface area contributed by atoms with Crippen LogP contribution in [0.1, 0.15) is 22.2 Å². The third-order valence-electron chi connectivity index (χ3n) is 4.53. The number of nitrogens with zero attached hydrogens (tertiary/aromatic N) is 4. The van der Waals surface area contributed by atoms with E-state index in [0.717, 1.165) is 16.8 Å². The predicted octanol–water partition coefficient (Wildman–Crippen LogP) is 2.70. The summed E-state index contributed by atoms with van der Waals surface area (Å²) >= 11 is 0. The topological polar surface area (TPSA) is 60.2 Å². The lowest BCUT2D eigenvalue weighted by molar-refractivity contribution is -0.0247. The maximum absolute atomic E-state index is 12.7. The summed E-state index contributed by atoms with van der Waals surface area (Å²) in [6.45, 7) is 1.61. The van der Waals surface area contributed by atoms with Gasteiger partial charge in [0.05, 0.1) is 25.0 Å². The first-order valence-electron chi connectivity index (χ1n) is 8.61. The number of aromatic nitrogens is 3. The van der Waals surface area contributed by atoms with Crippen molar-refractivity contribution in [2.45, 2.75) is 6.10 Å². The second-order valence-electron chi connectivity index (χ2n) is 6.35. The zero-order chi connectivity index (χ0) is 17.9. The highest BCUT2D eigenvalue weighted by Crippen LogP contribution is 2.24. The molecule has 6 heteroatoms. The van der Waals surface area contributed by atoms with E-state index in [2.05, 4.69) is 10.1 Å². The lowest BCUT2D eigenvalue weighted by Crippen LogP contribution is -2.42. The van der Waals surface area contributed by atoms with Gasteiger partial charge in [-0.1, -0.05) is 24.3 Å². The predicted molar refractivity (Wildman–Crippen MR) is 97.5 cm³/mol. The van der Waals surface area contributed by atoms with Gasteiger partial charge in [0.2, 0.25) is 0 Å². The van der Waals surface area contributed by atoms with Gasteiger partial charge in [-0.3, -0.25) is 14.5 Å². The third-order valence-corrected chi connectivity index (χ3v) is 4.53. The van der Waals surface area contributed by atoms with Gasteiger partial charge in [0, 0.05) is 42.7 Å². The first kappa shape index (κ1) is 16.5. The van der Waals surface area contributed by atoms with E-state index >= 15 is 0 Å². The van der Waals surface area contributed by atoms with E-state index in [9.17, 15) is 4.79 Å². The monoisotopic (exact) mass is 348 g/mol. The van der Waals surface area contributed by atoms with Crippen LogP contribution in [0, 0.1) is 0 Å². The van der Waals surface area contributed by atoms with E-state index in [1.54, 1.807) is 4.68 Å². The Hall–Kier alpha value is -2.99. The molecule has 1 saturated heterocycles. The first-order valence-corrected chi connectivity index (χ1v) is 8.61. The fourth-order valence-corrected chi connectivity index (χ4v) is 3.11. The molecule has 0 bridgehead atoms. The van der Waals surface area contributed by atoms with E-state index in [1.165, 1.54) is 0 Å². The zero-order valence-electron chi connectivity index (χ0n) is 14.6. The second kappa shape index (κ2) is 7.09. The van der Waals surface area contributed by atoms with Crippen LogP contribution in [-0.4, -0.2) is 45.3 Å². The Bertz CT molecular complexity index is 890. The summed E-state index contributed by atoms with van der Waals surface area (Å²) in [4.78, 5) is 19.0. The summed E-state index contributed by atoms with van der Waals surface area (Å²) in [5.41, 5.74) is 3.57. The van der Waals surface area contributed by atoms with E-state index in [4.69, 9.17) is 4.74 Å². The average Bonchev–Trinajstić information content (AvgIpc) is 3.15. The van der Waals surface area contributed by atoms with Crippen LogP contribution in [0.4, 0.5) is 0 Å². The van der Waals surface area contributed by atoms with Crippen molar-refractivity contribution < 1.29 is 9.53 Å². The number of benzene rings is 1. The maximum Gasteiger partial charge on any atom is 0.254 e. The van der Waals surface area contributed by atoms with Crippen molar-refractivity contribution in [1.82, 2.24) is 19.7 Å². The Morgan fingerprint density at radius 2 is 1.96 bits per heavy atom. The summed E-state index contributed by atoms with van der Waals surface area (Å²) < 4.78 is 7.62. The lowest BCUT2D eigenvalue weighted by atomic mass is 10.1. The van der Waals surface area contributed by atoms with Crippen LogP contribution in [0.2, 0.25) is 0 Å². The number of rotatable bonds is 3. The summed E-state index contributed by atoms with van der Waals surface area (Å²) in [5, 5.41) is 4.18. The van der Waals surface area contributed by atoms with Crippen molar-refractivity contribution in [2.75, 3.05) is 19.7 Å². The molecule has 3 aromatic rings. The molecule has 0 radical (unpaired) electrons. The summed E-state index contributed by atoms with van der Waals surface area (Å²) in [6.07, 6.45) is 5.38. The molecule has 1 aromatic carbocycles. The number of aryl methyl sites for hydroxylation is 1. The number of pyridine rings is 1. The largest absolute Gasteiger partial charge is 0.368 e. The van der Waals surface area contributed by atoms with Crippen LogP contribution in [-0.2, 0) is 11.8 Å². The van der Waals surface area contributed by atoms with Crippen LogP contribution in [0.25, 0.3) is 11.1 Å². The molecule has 0 spiro atoms. The molecule has 2 aromatic heterocycles. The zero-order valence-corrected chi connectivity index (χ0v) is 14.6. The van der Waals surface area contributed by atoms with Crippen LogP contribution in [0.5, 0.6) is 0 Å². The molecular formula is C20H20N4O2. The molecule has 1 amide bonds. The Morgan fingerprint density at radius 1 is 1.12 bits per heavy atom. The minimum atomic E-state index is -0.209. The van der Waals surface area contributed by atoms with Crippen LogP contribution in [0.3, 0.4) is 0 Å². The summed E-state index contributed by atoms with van der Waals surface area (Å²) in [5.74, 6) is 0.0332. The first-order chi connectivity index (χ1) is 12.7. The number of ether oxygens (including phenoxy) is 1. The molecule has 0 aliphatic carbocycles. The van der Waals surface area contributed by atoms with Gasteiger partial charge in [-0.05, 0) is 18.2 Å². The third kappa shape index (κ3) is 3.36. The second-order valence-corrected chi connectivity index (χ2v) is 6.35. The number of amides is 1. The molecule has 1 aliphatic rings. The fraction of sp³-hybridized carbons (Fsp3) is 0.250. The average molecular weight is 348 g/mol.